The Bertz CT molecular complexity index is 461. The molecule has 1 atom stereocenters. The van der Waals surface area contributed by atoms with Crippen LogP contribution in [0.4, 0.5) is 5.82 Å². The molecule has 0 aromatic carbocycles. The lowest BCUT2D eigenvalue weighted by atomic mass is 10.1. The summed E-state index contributed by atoms with van der Waals surface area (Å²) in [5.41, 5.74) is 0.877. The van der Waals surface area contributed by atoms with E-state index in [0.29, 0.717) is 12.0 Å². The van der Waals surface area contributed by atoms with Crippen molar-refractivity contribution in [1.29, 1.82) is 0 Å². The quantitative estimate of drug-likeness (QED) is 0.857. The van der Waals surface area contributed by atoms with Crippen LogP contribution < -0.4 is 5.32 Å². The minimum atomic E-state index is 0.442. The van der Waals surface area contributed by atoms with E-state index in [4.69, 9.17) is 0 Å². The van der Waals surface area contributed by atoms with Gasteiger partial charge < -0.3 is 5.32 Å². The Morgan fingerprint density at radius 3 is 2.88 bits per heavy atom. The lowest BCUT2D eigenvalue weighted by Gasteiger charge is -2.16. The van der Waals surface area contributed by atoms with Crippen LogP contribution in [0.15, 0.2) is 24.5 Å². The first-order chi connectivity index (χ1) is 7.65. The van der Waals surface area contributed by atoms with Crippen LogP contribution in [0.1, 0.15) is 27.2 Å². The number of hydrogen-bond donors (Lipinski definition) is 1. The summed E-state index contributed by atoms with van der Waals surface area (Å²) < 4.78 is 1.76. The standard InChI is InChI=1S/C12H18N4/c1-9(2)8-10(3)14-11-5-7-16-12(15-11)4-6-13-16/h4-7,9-10H,8H2,1-3H3,(H,14,15). The van der Waals surface area contributed by atoms with Gasteiger partial charge in [-0.15, -0.1) is 0 Å². The van der Waals surface area contributed by atoms with E-state index in [1.165, 1.54) is 0 Å². The van der Waals surface area contributed by atoms with Gasteiger partial charge in [0.1, 0.15) is 5.82 Å². The topological polar surface area (TPSA) is 42.2 Å². The summed E-state index contributed by atoms with van der Waals surface area (Å²) in [5, 5.41) is 7.52. The van der Waals surface area contributed by atoms with Gasteiger partial charge in [-0.1, -0.05) is 13.8 Å². The van der Waals surface area contributed by atoms with Crippen molar-refractivity contribution < 1.29 is 0 Å². The second kappa shape index (κ2) is 4.51. The first-order valence-electron chi connectivity index (χ1n) is 5.72. The van der Waals surface area contributed by atoms with Gasteiger partial charge in [0.25, 0.3) is 0 Å². The highest BCUT2D eigenvalue weighted by Gasteiger charge is 2.06. The van der Waals surface area contributed by atoms with Crippen LogP contribution in [0.2, 0.25) is 0 Å². The Kier molecular flexibility index (Phi) is 3.08. The Labute approximate surface area is 95.7 Å². The number of hydrogen-bond acceptors (Lipinski definition) is 3. The Morgan fingerprint density at radius 2 is 2.12 bits per heavy atom. The van der Waals surface area contributed by atoms with Crippen LogP contribution in [-0.4, -0.2) is 20.6 Å². The fraction of sp³-hybridized carbons (Fsp3) is 0.500. The molecule has 0 amide bonds. The zero-order valence-electron chi connectivity index (χ0n) is 10.0. The highest BCUT2D eigenvalue weighted by atomic mass is 15.2. The molecule has 0 aliphatic rings. The molecule has 1 unspecified atom stereocenters. The molecule has 0 fully saturated rings. The first kappa shape index (κ1) is 10.9. The number of nitrogens with zero attached hydrogens (tertiary/aromatic N) is 3. The van der Waals surface area contributed by atoms with Gasteiger partial charge in [0.2, 0.25) is 0 Å². The lowest BCUT2D eigenvalue weighted by molar-refractivity contribution is 0.539. The van der Waals surface area contributed by atoms with Gasteiger partial charge in [0.05, 0.1) is 6.20 Å². The molecule has 2 aromatic heterocycles. The van der Waals surface area contributed by atoms with Crippen molar-refractivity contribution in [2.24, 2.45) is 5.92 Å². The molecular weight excluding hydrogens is 200 g/mol. The van der Waals surface area contributed by atoms with E-state index in [1.54, 1.807) is 10.7 Å². The van der Waals surface area contributed by atoms with Crippen molar-refractivity contribution >= 4 is 11.5 Å². The van der Waals surface area contributed by atoms with E-state index in [0.717, 1.165) is 17.9 Å². The lowest BCUT2D eigenvalue weighted by Crippen LogP contribution is -2.18. The SMILES string of the molecule is CC(C)CC(C)Nc1ccn2nccc2n1. The smallest absolute Gasteiger partial charge is 0.157 e. The number of nitrogens with one attached hydrogen (secondary N) is 1. The molecule has 2 rings (SSSR count). The van der Waals surface area contributed by atoms with E-state index in [2.05, 4.69) is 36.2 Å². The third-order valence-electron chi connectivity index (χ3n) is 2.48. The maximum atomic E-state index is 4.47. The zero-order valence-corrected chi connectivity index (χ0v) is 10.0. The Balaban J connectivity index is 2.08. The Hall–Kier alpha value is -1.58. The monoisotopic (exact) mass is 218 g/mol. The molecule has 0 bridgehead atoms. The molecule has 4 heteroatoms. The summed E-state index contributed by atoms with van der Waals surface area (Å²) >= 11 is 0. The number of rotatable bonds is 4. The molecule has 1 N–H and O–H groups in total. The Morgan fingerprint density at radius 1 is 1.31 bits per heavy atom. The summed E-state index contributed by atoms with van der Waals surface area (Å²) in [6, 6.07) is 4.30. The molecule has 0 aliphatic heterocycles. The van der Waals surface area contributed by atoms with E-state index < -0.39 is 0 Å². The summed E-state index contributed by atoms with van der Waals surface area (Å²) in [5.74, 6) is 1.61. The van der Waals surface area contributed by atoms with Crippen molar-refractivity contribution in [3.8, 4) is 0 Å². The summed E-state index contributed by atoms with van der Waals surface area (Å²) in [4.78, 5) is 4.47. The minimum absolute atomic E-state index is 0.442. The molecule has 0 spiro atoms. The molecule has 0 saturated carbocycles. The predicted octanol–water partition coefficient (Wildman–Crippen LogP) is 2.58. The molecule has 0 radical (unpaired) electrons. The second-order valence-electron chi connectivity index (χ2n) is 4.62. The summed E-state index contributed by atoms with van der Waals surface area (Å²) in [6.45, 7) is 6.64. The van der Waals surface area contributed by atoms with Crippen molar-refractivity contribution in [1.82, 2.24) is 14.6 Å². The van der Waals surface area contributed by atoms with E-state index in [9.17, 15) is 0 Å². The molecule has 4 nitrogen and oxygen atoms in total. The fourth-order valence-corrected chi connectivity index (χ4v) is 1.91. The highest BCUT2D eigenvalue weighted by molar-refractivity contribution is 5.45. The van der Waals surface area contributed by atoms with Crippen LogP contribution in [-0.2, 0) is 0 Å². The zero-order chi connectivity index (χ0) is 11.5. The largest absolute Gasteiger partial charge is 0.367 e. The van der Waals surface area contributed by atoms with E-state index >= 15 is 0 Å². The number of fused-ring (bicyclic) bond motifs is 1. The van der Waals surface area contributed by atoms with Gasteiger partial charge in [-0.2, -0.15) is 5.10 Å². The van der Waals surface area contributed by atoms with E-state index in [1.807, 2.05) is 18.3 Å². The molecular formula is C12H18N4. The predicted molar refractivity (Wildman–Crippen MR) is 65.5 cm³/mol. The minimum Gasteiger partial charge on any atom is -0.367 e. The van der Waals surface area contributed by atoms with Gasteiger partial charge in [0, 0.05) is 18.3 Å². The van der Waals surface area contributed by atoms with Crippen molar-refractivity contribution in [2.45, 2.75) is 33.2 Å². The normalized spacial score (nSPS) is 13.2. The molecule has 0 saturated heterocycles. The van der Waals surface area contributed by atoms with Crippen molar-refractivity contribution in [3.05, 3.63) is 24.5 Å². The van der Waals surface area contributed by atoms with Gasteiger partial charge in [0.15, 0.2) is 5.65 Å². The van der Waals surface area contributed by atoms with Gasteiger partial charge in [-0.25, -0.2) is 9.50 Å². The van der Waals surface area contributed by atoms with Crippen LogP contribution >= 0.6 is 0 Å². The average molecular weight is 218 g/mol. The second-order valence-corrected chi connectivity index (χ2v) is 4.62. The van der Waals surface area contributed by atoms with Crippen LogP contribution in [0, 0.1) is 5.92 Å². The summed E-state index contributed by atoms with van der Waals surface area (Å²) in [6.07, 6.45) is 4.82. The highest BCUT2D eigenvalue weighted by Crippen LogP contribution is 2.11. The number of anilines is 1. The average Bonchev–Trinajstić information content (AvgIpc) is 2.63. The molecule has 0 aliphatic carbocycles. The van der Waals surface area contributed by atoms with Crippen LogP contribution in [0.25, 0.3) is 5.65 Å². The summed E-state index contributed by atoms with van der Waals surface area (Å²) in [7, 11) is 0. The maximum absolute atomic E-state index is 4.47. The third kappa shape index (κ3) is 2.51. The molecule has 2 heterocycles. The maximum Gasteiger partial charge on any atom is 0.157 e. The molecule has 2 aromatic rings. The fourth-order valence-electron chi connectivity index (χ4n) is 1.91. The van der Waals surface area contributed by atoms with Crippen molar-refractivity contribution in [2.75, 3.05) is 5.32 Å². The van der Waals surface area contributed by atoms with Gasteiger partial charge in [-0.05, 0) is 25.3 Å². The van der Waals surface area contributed by atoms with Gasteiger partial charge in [-0.3, -0.25) is 0 Å². The first-order valence-corrected chi connectivity index (χ1v) is 5.72. The van der Waals surface area contributed by atoms with Crippen LogP contribution in [0.3, 0.4) is 0 Å². The molecule has 86 valence electrons. The van der Waals surface area contributed by atoms with E-state index in [-0.39, 0.29) is 0 Å². The third-order valence-corrected chi connectivity index (χ3v) is 2.48. The van der Waals surface area contributed by atoms with Crippen molar-refractivity contribution in [3.63, 3.8) is 0 Å². The van der Waals surface area contributed by atoms with Crippen LogP contribution in [0.5, 0.6) is 0 Å². The van der Waals surface area contributed by atoms with Gasteiger partial charge >= 0.3 is 0 Å². The molecule has 16 heavy (non-hydrogen) atoms. The number of aromatic nitrogens is 3.